The molecule has 104 valence electrons. The number of likely N-dealkylation sites (tertiary alicyclic amines) is 1. The topological polar surface area (TPSA) is 72.1 Å². The molecule has 2 N–H and O–H groups in total. The number of primary amides is 1. The van der Waals surface area contributed by atoms with Gasteiger partial charge >= 0.3 is 0 Å². The highest BCUT2D eigenvalue weighted by Gasteiger charge is 2.24. The molecule has 0 saturated carbocycles. The van der Waals surface area contributed by atoms with E-state index in [-0.39, 0.29) is 0 Å². The summed E-state index contributed by atoms with van der Waals surface area (Å²) in [5.41, 5.74) is 6.37. The van der Waals surface area contributed by atoms with E-state index in [2.05, 4.69) is 28.7 Å². The molecule has 1 fully saturated rings. The van der Waals surface area contributed by atoms with E-state index in [0.29, 0.717) is 23.2 Å². The number of rotatable bonds is 3. The van der Waals surface area contributed by atoms with Gasteiger partial charge in [0.05, 0.1) is 11.3 Å². The molecule has 5 nitrogen and oxygen atoms in total. The van der Waals surface area contributed by atoms with Gasteiger partial charge in [0.2, 0.25) is 0 Å². The summed E-state index contributed by atoms with van der Waals surface area (Å²) in [4.78, 5) is 22.4. The van der Waals surface area contributed by atoms with Crippen LogP contribution in [0.1, 0.15) is 54.5 Å². The maximum absolute atomic E-state index is 11.2. The highest BCUT2D eigenvalue weighted by atomic mass is 16.1. The highest BCUT2D eigenvalue weighted by Crippen LogP contribution is 2.26. The van der Waals surface area contributed by atoms with Gasteiger partial charge in [-0.15, -0.1) is 0 Å². The monoisotopic (exact) mass is 262 g/mol. The van der Waals surface area contributed by atoms with E-state index in [1.807, 2.05) is 6.92 Å². The Morgan fingerprint density at radius 1 is 1.42 bits per heavy atom. The fourth-order valence-electron chi connectivity index (χ4n) is 2.60. The largest absolute Gasteiger partial charge is 0.365 e. The average Bonchev–Trinajstić information content (AvgIpc) is 2.38. The highest BCUT2D eigenvalue weighted by molar-refractivity contribution is 5.93. The third kappa shape index (κ3) is 3.10. The number of carbonyl (C=O) groups excluding carboxylic acids is 1. The van der Waals surface area contributed by atoms with Crippen molar-refractivity contribution in [2.24, 2.45) is 5.73 Å². The fourth-order valence-corrected chi connectivity index (χ4v) is 2.60. The minimum atomic E-state index is -0.460. The Hall–Kier alpha value is -1.49. The quantitative estimate of drug-likeness (QED) is 0.895. The van der Waals surface area contributed by atoms with Gasteiger partial charge in [-0.05, 0) is 46.7 Å². The van der Waals surface area contributed by atoms with Gasteiger partial charge in [0, 0.05) is 18.2 Å². The van der Waals surface area contributed by atoms with Crippen LogP contribution >= 0.6 is 0 Å². The van der Waals surface area contributed by atoms with E-state index in [1.165, 1.54) is 0 Å². The molecule has 5 heteroatoms. The van der Waals surface area contributed by atoms with Crippen molar-refractivity contribution in [3.05, 3.63) is 23.3 Å². The molecule has 2 heterocycles. The van der Waals surface area contributed by atoms with Crippen molar-refractivity contribution < 1.29 is 4.79 Å². The van der Waals surface area contributed by atoms with E-state index >= 15 is 0 Å². The molecule has 2 rings (SSSR count). The molecule has 0 unspecified atom stereocenters. The maximum Gasteiger partial charge on any atom is 0.252 e. The number of hydrogen-bond donors (Lipinski definition) is 1. The molecule has 1 aromatic rings. The van der Waals surface area contributed by atoms with Crippen LogP contribution in [-0.4, -0.2) is 39.9 Å². The van der Waals surface area contributed by atoms with E-state index < -0.39 is 5.91 Å². The average molecular weight is 262 g/mol. The van der Waals surface area contributed by atoms with Crippen molar-refractivity contribution in [1.82, 2.24) is 14.9 Å². The Labute approximate surface area is 114 Å². The molecule has 0 aliphatic carbocycles. The van der Waals surface area contributed by atoms with Crippen molar-refractivity contribution in [3.8, 4) is 0 Å². The van der Waals surface area contributed by atoms with E-state index in [4.69, 9.17) is 5.73 Å². The molecule has 1 amide bonds. The lowest BCUT2D eigenvalue weighted by Crippen LogP contribution is -2.38. The zero-order valence-corrected chi connectivity index (χ0v) is 11.9. The second-order valence-electron chi connectivity index (χ2n) is 5.50. The summed E-state index contributed by atoms with van der Waals surface area (Å²) in [7, 11) is 0. The van der Waals surface area contributed by atoms with Gasteiger partial charge in [0.25, 0.3) is 5.91 Å². The van der Waals surface area contributed by atoms with Gasteiger partial charge in [-0.2, -0.15) is 0 Å². The van der Waals surface area contributed by atoms with Crippen LogP contribution in [0.5, 0.6) is 0 Å². The summed E-state index contributed by atoms with van der Waals surface area (Å²) in [6.45, 7) is 8.43. The van der Waals surface area contributed by atoms with Crippen molar-refractivity contribution >= 4 is 5.91 Å². The van der Waals surface area contributed by atoms with Crippen molar-refractivity contribution in [2.45, 2.75) is 45.6 Å². The molecular weight excluding hydrogens is 240 g/mol. The van der Waals surface area contributed by atoms with Crippen LogP contribution in [0, 0.1) is 6.92 Å². The second kappa shape index (κ2) is 5.65. The molecule has 1 saturated heterocycles. The second-order valence-corrected chi connectivity index (χ2v) is 5.50. The summed E-state index contributed by atoms with van der Waals surface area (Å²) in [6, 6.07) is 0.598. The first kappa shape index (κ1) is 13.9. The molecule has 1 aromatic heterocycles. The van der Waals surface area contributed by atoms with Crippen molar-refractivity contribution in [3.63, 3.8) is 0 Å². The van der Waals surface area contributed by atoms with Crippen LogP contribution in [-0.2, 0) is 0 Å². The first-order valence-electron chi connectivity index (χ1n) is 6.86. The van der Waals surface area contributed by atoms with E-state index in [1.54, 1.807) is 6.20 Å². The number of piperidine rings is 1. The number of hydrogen-bond acceptors (Lipinski definition) is 4. The van der Waals surface area contributed by atoms with E-state index in [9.17, 15) is 4.79 Å². The first-order valence-corrected chi connectivity index (χ1v) is 6.86. The zero-order valence-electron chi connectivity index (χ0n) is 11.9. The third-order valence-electron chi connectivity index (χ3n) is 3.89. The molecule has 0 aromatic carbocycles. The smallest absolute Gasteiger partial charge is 0.252 e. The van der Waals surface area contributed by atoms with Crippen LogP contribution < -0.4 is 5.73 Å². The van der Waals surface area contributed by atoms with Gasteiger partial charge in [0.15, 0.2) is 0 Å². The molecular formula is C14H22N4O. The lowest BCUT2D eigenvalue weighted by molar-refractivity contribution is 0.0998. The molecule has 19 heavy (non-hydrogen) atoms. The summed E-state index contributed by atoms with van der Waals surface area (Å²) >= 11 is 0. The van der Waals surface area contributed by atoms with E-state index in [0.717, 1.165) is 31.8 Å². The Morgan fingerprint density at radius 3 is 2.53 bits per heavy atom. The lowest BCUT2D eigenvalue weighted by Gasteiger charge is -2.34. The van der Waals surface area contributed by atoms with Crippen molar-refractivity contribution in [2.75, 3.05) is 13.1 Å². The van der Waals surface area contributed by atoms with Gasteiger partial charge in [-0.3, -0.25) is 4.79 Å². The third-order valence-corrected chi connectivity index (χ3v) is 3.89. The van der Waals surface area contributed by atoms with Crippen LogP contribution in [0.2, 0.25) is 0 Å². The lowest BCUT2D eigenvalue weighted by atomic mass is 9.95. The van der Waals surface area contributed by atoms with Crippen LogP contribution in [0.4, 0.5) is 0 Å². The molecule has 1 aliphatic rings. The molecule has 0 radical (unpaired) electrons. The summed E-state index contributed by atoms with van der Waals surface area (Å²) in [5, 5.41) is 0. The van der Waals surface area contributed by atoms with Crippen LogP contribution in [0.3, 0.4) is 0 Å². The summed E-state index contributed by atoms with van der Waals surface area (Å²) in [5.74, 6) is 0.792. The van der Waals surface area contributed by atoms with Crippen molar-refractivity contribution in [1.29, 1.82) is 0 Å². The minimum absolute atomic E-state index is 0.399. The summed E-state index contributed by atoms with van der Waals surface area (Å²) in [6.07, 6.45) is 3.72. The number of nitrogens with two attached hydrogens (primary N) is 1. The predicted octanol–water partition coefficient (Wildman–Crippen LogP) is 1.47. The molecule has 0 atom stereocenters. The maximum atomic E-state index is 11.2. The fraction of sp³-hybridized carbons (Fsp3) is 0.643. The number of nitrogens with zero attached hydrogens (tertiary/aromatic N) is 3. The Balaban J connectivity index is 2.08. The molecule has 0 bridgehead atoms. The SMILES string of the molecule is Cc1nc(C2CCN(C(C)C)CC2)ncc1C(N)=O. The number of aromatic nitrogens is 2. The normalized spacial score (nSPS) is 17.9. The zero-order chi connectivity index (χ0) is 14.0. The number of amides is 1. The first-order chi connectivity index (χ1) is 8.99. The standard InChI is InChI=1S/C14H22N4O/c1-9(2)18-6-4-11(5-7-18)14-16-8-12(13(15)19)10(3)17-14/h8-9,11H,4-7H2,1-3H3,(H2,15,19). The van der Waals surface area contributed by atoms with Gasteiger partial charge in [-0.1, -0.05) is 0 Å². The number of aryl methyl sites for hydroxylation is 1. The Kier molecular flexibility index (Phi) is 4.14. The minimum Gasteiger partial charge on any atom is -0.365 e. The van der Waals surface area contributed by atoms with Gasteiger partial charge in [-0.25, -0.2) is 9.97 Å². The van der Waals surface area contributed by atoms with Gasteiger partial charge < -0.3 is 10.6 Å². The number of carbonyl (C=O) groups is 1. The predicted molar refractivity (Wildman–Crippen MR) is 74.0 cm³/mol. The Bertz CT molecular complexity index is 465. The molecule has 0 spiro atoms. The molecule has 1 aliphatic heterocycles. The van der Waals surface area contributed by atoms with Crippen LogP contribution in [0.25, 0.3) is 0 Å². The van der Waals surface area contributed by atoms with Gasteiger partial charge in [0.1, 0.15) is 5.82 Å². The Morgan fingerprint density at radius 2 is 2.05 bits per heavy atom. The summed E-state index contributed by atoms with van der Waals surface area (Å²) < 4.78 is 0. The van der Waals surface area contributed by atoms with Crippen LogP contribution in [0.15, 0.2) is 6.20 Å².